The molecule has 4 aromatic rings. The van der Waals surface area contributed by atoms with E-state index in [1.165, 1.54) is 5.56 Å². The topological polar surface area (TPSA) is 120 Å². The molecular formula is C27H34N8. The van der Waals surface area contributed by atoms with Crippen LogP contribution in [0.5, 0.6) is 0 Å². The maximum absolute atomic E-state index is 5.15. The van der Waals surface area contributed by atoms with Gasteiger partial charge in [0.05, 0.1) is 6.54 Å². The third-order valence-electron chi connectivity index (χ3n) is 5.47. The molecule has 0 aliphatic carbocycles. The van der Waals surface area contributed by atoms with E-state index in [2.05, 4.69) is 59.7 Å². The minimum atomic E-state index is 0.477. The van der Waals surface area contributed by atoms with Gasteiger partial charge in [-0.3, -0.25) is 4.98 Å². The molecule has 2 aromatic carbocycles. The normalized spacial score (nSPS) is 11.0. The van der Waals surface area contributed by atoms with E-state index in [1.807, 2.05) is 54.2 Å². The summed E-state index contributed by atoms with van der Waals surface area (Å²) in [5.41, 5.74) is 7.80. The number of hydrazone groups is 1. The van der Waals surface area contributed by atoms with Gasteiger partial charge in [0.2, 0.25) is 0 Å². The molecule has 8 nitrogen and oxygen atoms in total. The van der Waals surface area contributed by atoms with Crippen LogP contribution in [0.2, 0.25) is 0 Å². The summed E-state index contributed by atoms with van der Waals surface area (Å²) >= 11 is 0. The highest BCUT2D eigenvalue weighted by Gasteiger charge is 2.14. The van der Waals surface area contributed by atoms with Gasteiger partial charge >= 0.3 is 0 Å². The van der Waals surface area contributed by atoms with Crippen molar-refractivity contribution < 1.29 is 0 Å². The van der Waals surface area contributed by atoms with Crippen molar-refractivity contribution in [3.05, 3.63) is 101 Å². The predicted molar refractivity (Wildman–Crippen MR) is 141 cm³/mol. The Hall–Kier alpha value is -4.04. The second kappa shape index (κ2) is 13.0. The van der Waals surface area contributed by atoms with Gasteiger partial charge in [0.15, 0.2) is 17.5 Å². The van der Waals surface area contributed by atoms with Gasteiger partial charge in [0.25, 0.3) is 0 Å². The number of amidine groups is 1. The first-order valence-electron chi connectivity index (χ1n) is 11.8. The quantitative estimate of drug-likeness (QED) is 0.162. The fourth-order valence-corrected chi connectivity index (χ4v) is 3.52. The number of aryl methyl sites for hydroxylation is 3. The maximum atomic E-state index is 5.15. The number of aromatic nitrogens is 4. The third kappa shape index (κ3) is 7.22. The number of pyridine rings is 1. The van der Waals surface area contributed by atoms with Crippen LogP contribution in [0.1, 0.15) is 48.0 Å². The van der Waals surface area contributed by atoms with Crippen molar-refractivity contribution in [1.29, 1.82) is 0 Å². The lowest BCUT2D eigenvalue weighted by Crippen LogP contribution is -2.31. The van der Waals surface area contributed by atoms with E-state index in [0.29, 0.717) is 12.4 Å². The zero-order valence-electron chi connectivity index (χ0n) is 20.6. The first kappa shape index (κ1) is 25.6. The standard InChI is InChI=1S/C20H24N4.C7H10N4/c1-4-5-10-19-22-20(18-9-7-6-8-15(18)2)24(23-19)14-17-12-11-16(3)21-13-17;8-10-7(11-9)6-4-2-1-3-5-6/h6-9,11-13H,4-5,10,14H2,1-3H3;1-5H,8-9H2,(H,10,11). The lowest BCUT2D eigenvalue weighted by molar-refractivity contribution is 0.664. The highest BCUT2D eigenvalue weighted by Crippen LogP contribution is 2.22. The molecule has 0 radical (unpaired) electrons. The van der Waals surface area contributed by atoms with Crippen LogP contribution >= 0.6 is 0 Å². The van der Waals surface area contributed by atoms with Gasteiger partial charge in [-0.15, -0.1) is 0 Å². The molecule has 0 aliphatic rings. The van der Waals surface area contributed by atoms with Crippen molar-refractivity contribution in [2.45, 2.75) is 46.6 Å². The molecule has 0 spiro atoms. The number of benzene rings is 2. The zero-order valence-corrected chi connectivity index (χ0v) is 20.6. The molecular weight excluding hydrogens is 436 g/mol. The highest BCUT2D eigenvalue weighted by atomic mass is 15.3. The van der Waals surface area contributed by atoms with Gasteiger partial charge in [0.1, 0.15) is 0 Å². The summed E-state index contributed by atoms with van der Waals surface area (Å²) in [6, 6.07) is 21.9. The molecule has 2 heterocycles. The van der Waals surface area contributed by atoms with Crippen LogP contribution in [0.3, 0.4) is 0 Å². The second-order valence-corrected chi connectivity index (χ2v) is 8.22. The van der Waals surface area contributed by atoms with Crippen molar-refractivity contribution in [3.63, 3.8) is 0 Å². The summed E-state index contributed by atoms with van der Waals surface area (Å²) < 4.78 is 2.01. The molecule has 5 N–H and O–H groups in total. The molecule has 182 valence electrons. The van der Waals surface area contributed by atoms with Crippen LogP contribution < -0.4 is 17.1 Å². The molecule has 2 aromatic heterocycles. The minimum Gasteiger partial charge on any atom is -0.321 e. The number of nitrogens with one attached hydrogen (secondary N) is 1. The Labute approximate surface area is 207 Å². The van der Waals surface area contributed by atoms with E-state index in [-0.39, 0.29) is 0 Å². The lowest BCUT2D eigenvalue weighted by Gasteiger charge is -2.08. The summed E-state index contributed by atoms with van der Waals surface area (Å²) in [6.45, 7) is 7.00. The van der Waals surface area contributed by atoms with E-state index < -0.39 is 0 Å². The maximum Gasteiger partial charge on any atom is 0.166 e. The Morgan fingerprint density at radius 3 is 2.37 bits per heavy atom. The van der Waals surface area contributed by atoms with Crippen LogP contribution in [0.4, 0.5) is 0 Å². The average Bonchev–Trinajstić information content (AvgIpc) is 3.28. The predicted octanol–water partition coefficient (Wildman–Crippen LogP) is 4.12. The van der Waals surface area contributed by atoms with Crippen LogP contribution in [0.15, 0.2) is 78.0 Å². The highest BCUT2D eigenvalue weighted by molar-refractivity contribution is 5.98. The van der Waals surface area contributed by atoms with Gasteiger partial charge in [-0.25, -0.2) is 15.5 Å². The number of nitrogens with two attached hydrogens (primary N) is 2. The molecule has 0 fully saturated rings. The Morgan fingerprint density at radius 1 is 1.00 bits per heavy atom. The van der Waals surface area contributed by atoms with E-state index in [1.54, 1.807) is 0 Å². The zero-order chi connectivity index (χ0) is 25.0. The summed E-state index contributed by atoms with van der Waals surface area (Å²) in [7, 11) is 0. The molecule has 0 unspecified atom stereocenters. The van der Waals surface area contributed by atoms with E-state index in [0.717, 1.165) is 53.3 Å². The first-order chi connectivity index (χ1) is 17.0. The van der Waals surface area contributed by atoms with Crippen LogP contribution in [0.25, 0.3) is 11.4 Å². The number of hydrogen-bond acceptors (Lipinski definition) is 6. The van der Waals surface area contributed by atoms with E-state index in [9.17, 15) is 0 Å². The summed E-state index contributed by atoms with van der Waals surface area (Å²) in [4.78, 5) is 9.21. The largest absolute Gasteiger partial charge is 0.321 e. The molecule has 0 saturated heterocycles. The van der Waals surface area contributed by atoms with Gasteiger partial charge < -0.3 is 11.3 Å². The Balaban J connectivity index is 0.000000261. The van der Waals surface area contributed by atoms with Crippen molar-refractivity contribution >= 4 is 5.84 Å². The van der Waals surface area contributed by atoms with Crippen LogP contribution in [-0.2, 0) is 13.0 Å². The van der Waals surface area contributed by atoms with Crippen molar-refractivity contribution in [2.75, 3.05) is 0 Å². The number of hydrogen-bond donors (Lipinski definition) is 3. The number of rotatable bonds is 7. The molecule has 0 amide bonds. The lowest BCUT2D eigenvalue weighted by atomic mass is 10.1. The summed E-state index contributed by atoms with van der Waals surface area (Å²) in [5, 5.41) is 8.22. The minimum absolute atomic E-state index is 0.477. The second-order valence-electron chi connectivity index (χ2n) is 8.22. The van der Waals surface area contributed by atoms with Crippen LogP contribution in [-0.4, -0.2) is 25.6 Å². The molecule has 0 saturated carbocycles. The Kier molecular flexibility index (Phi) is 9.50. The van der Waals surface area contributed by atoms with E-state index in [4.69, 9.17) is 21.8 Å². The Bertz CT molecular complexity index is 1210. The van der Waals surface area contributed by atoms with Gasteiger partial charge in [-0.1, -0.05) is 74.0 Å². The first-order valence-corrected chi connectivity index (χ1v) is 11.8. The molecule has 8 heteroatoms. The van der Waals surface area contributed by atoms with Crippen molar-refractivity contribution in [3.8, 4) is 11.4 Å². The molecule has 35 heavy (non-hydrogen) atoms. The summed E-state index contributed by atoms with van der Waals surface area (Å²) in [6.07, 6.45) is 5.11. The van der Waals surface area contributed by atoms with Gasteiger partial charge in [0, 0.05) is 29.4 Å². The molecule has 0 atom stereocenters. The molecule has 0 bridgehead atoms. The van der Waals surface area contributed by atoms with Crippen molar-refractivity contribution in [1.82, 2.24) is 25.2 Å². The smallest absolute Gasteiger partial charge is 0.166 e. The number of nitrogens with zero attached hydrogens (tertiary/aromatic N) is 5. The number of unbranched alkanes of at least 4 members (excludes halogenated alkanes) is 1. The molecule has 4 rings (SSSR count). The Morgan fingerprint density at radius 2 is 1.74 bits per heavy atom. The SMILES string of the molecule is CCCCc1nc(-c2ccccc2C)n(Cc2ccc(C)nc2)n1.N/N=C(\NN)c1ccccc1. The van der Waals surface area contributed by atoms with Crippen LogP contribution in [0, 0.1) is 13.8 Å². The van der Waals surface area contributed by atoms with Gasteiger partial charge in [-0.05, 0) is 37.5 Å². The third-order valence-corrected chi connectivity index (χ3v) is 5.47. The molecule has 0 aliphatic heterocycles. The fourth-order valence-electron chi connectivity index (χ4n) is 3.52. The summed E-state index contributed by atoms with van der Waals surface area (Å²) in [5.74, 6) is 12.6. The fraction of sp³-hybridized carbons (Fsp3) is 0.259. The van der Waals surface area contributed by atoms with Crippen molar-refractivity contribution in [2.24, 2.45) is 16.8 Å². The van der Waals surface area contributed by atoms with E-state index >= 15 is 0 Å². The average molecular weight is 471 g/mol. The monoisotopic (exact) mass is 470 g/mol. The van der Waals surface area contributed by atoms with Gasteiger partial charge in [-0.2, -0.15) is 10.2 Å². The number of hydrazine groups is 1.